The molecule has 34 heavy (non-hydrogen) atoms. The van der Waals surface area contributed by atoms with E-state index in [4.69, 9.17) is 5.73 Å². The van der Waals surface area contributed by atoms with E-state index in [1.54, 1.807) is 6.21 Å². The van der Waals surface area contributed by atoms with E-state index in [0.717, 1.165) is 57.6 Å². The molecule has 192 valence electrons. The maximum Gasteiger partial charge on any atom is 0.171 e. The van der Waals surface area contributed by atoms with E-state index in [1.807, 2.05) is 19.9 Å². The van der Waals surface area contributed by atoms with Gasteiger partial charge in [-0.15, -0.1) is 0 Å². The molecule has 6 heteroatoms. The van der Waals surface area contributed by atoms with Crippen molar-refractivity contribution in [2.75, 3.05) is 47.3 Å². The molecule has 0 aromatic rings. The number of rotatable bonds is 4. The third-order valence-corrected chi connectivity index (χ3v) is 5.50. The number of nitrogens with zero attached hydrogens (tertiary/aromatic N) is 3. The molecule has 1 heterocycles. The van der Waals surface area contributed by atoms with Crippen LogP contribution in [0.1, 0.15) is 47.9 Å². The minimum absolute atomic E-state index is 0. The van der Waals surface area contributed by atoms with Gasteiger partial charge in [0, 0.05) is 52.3 Å². The van der Waals surface area contributed by atoms with Gasteiger partial charge >= 0.3 is 0 Å². The Balaban J connectivity index is 0.00000375. The van der Waals surface area contributed by atoms with Crippen molar-refractivity contribution in [1.82, 2.24) is 20.4 Å². The Morgan fingerprint density at radius 2 is 1.97 bits per heavy atom. The molecule has 0 saturated carbocycles. The quantitative estimate of drug-likeness (QED) is 0.525. The average molecular weight is 471 g/mol. The Morgan fingerprint density at radius 1 is 1.18 bits per heavy atom. The molecule has 0 aromatic heterocycles. The standard InChI is InChI=1S/C26H42N6.C2H6.H2/c1-5-22-12-11-17-29-26(27)30-24-14-10-15-25(32(4)19-18-31(2)3)23(20-24)13-8-6-7-9-16-28-21-22;1-2;/h5,7,9,11-12,14-15,17,20,26,28,30H,6,8,10,13,16,18-19,21,27H2,1-4H3;1-2H3;1H/b9-7-,12-11+,22-5-,29-17-;;. The molecular formula is C28H50N6. The van der Waals surface area contributed by atoms with Crippen LogP contribution in [-0.4, -0.2) is 69.6 Å². The van der Waals surface area contributed by atoms with Gasteiger partial charge in [0.15, 0.2) is 6.29 Å². The largest absolute Gasteiger partial charge is 0.373 e. The van der Waals surface area contributed by atoms with Crippen molar-refractivity contribution >= 4 is 6.21 Å². The second-order valence-corrected chi connectivity index (χ2v) is 8.48. The molecule has 0 spiro atoms. The molecule has 0 radical (unpaired) electrons. The van der Waals surface area contributed by atoms with Crippen molar-refractivity contribution in [2.45, 2.75) is 52.7 Å². The summed E-state index contributed by atoms with van der Waals surface area (Å²) in [5.74, 6) is 0. The molecule has 0 saturated heterocycles. The van der Waals surface area contributed by atoms with Gasteiger partial charge in [-0.2, -0.15) is 0 Å². The van der Waals surface area contributed by atoms with Gasteiger partial charge < -0.3 is 20.4 Å². The summed E-state index contributed by atoms with van der Waals surface area (Å²) in [6, 6.07) is 0. The molecule has 1 aliphatic heterocycles. The highest BCUT2D eigenvalue weighted by Crippen LogP contribution is 2.25. The number of allylic oxidation sites excluding steroid dienone is 7. The predicted molar refractivity (Wildman–Crippen MR) is 152 cm³/mol. The SMILES string of the molecule is C/C=C1/C=C/C=N\C(N)NC2=CCC=C(N(C)CCN(C)C)C(=C2)CCC/C=C\CNC1.CC.[HH]. The van der Waals surface area contributed by atoms with Crippen LogP contribution in [-0.2, 0) is 0 Å². The maximum atomic E-state index is 6.23. The van der Waals surface area contributed by atoms with Crippen LogP contribution in [0.4, 0.5) is 0 Å². The lowest BCUT2D eigenvalue weighted by Crippen LogP contribution is -2.34. The van der Waals surface area contributed by atoms with Crippen LogP contribution in [0.5, 0.6) is 0 Å². The van der Waals surface area contributed by atoms with E-state index in [9.17, 15) is 0 Å². The highest BCUT2D eigenvalue weighted by atomic mass is 15.2. The summed E-state index contributed by atoms with van der Waals surface area (Å²) in [5, 5.41) is 6.82. The first-order chi connectivity index (χ1) is 16.5. The van der Waals surface area contributed by atoms with Gasteiger partial charge in [0.25, 0.3) is 0 Å². The van der Waals surface area contributed by atoms with Crippen molar-refractivity contribution in [1.29, 1.82) is 0 Å². The van der Waals surface area contributed by atoms with Gasteiger partial charge in [0.1, 0.15) is 0 Å². The fraction of sp³-hybridized carbons (Fsp3) is 0.536. The van der Waals surface area contributed by atoms with Gasteiger partial charge in [-0.05, 0) is 70.0 Å². The predicted octanol–water partition coefficient (Wildman–Crippen LogP) is 4.58. The molecule has 1 aliphatic carbocycles. The van der Waals surface area contributed by atoms with Crippen LogP contribution in [0.2, 0.25) is 0 Å². The van der Waals surface area contributed by atoms with Crippen LogP contribution in [0, 0.1) is 0 Å². The number of fused-ring (bicyclic) bond motifs is 1. The molecule has 1 unspecified atom stereocenters. The first kappa shape index (κ1) is 29.6. The zero-order chi connectivity index (χ0) is 25.2. The minimum Gasteiger partial charge on any atom is -0.373 e. The number of hydrogen-bond acceptors (Lipinski definition) is 6. The van der Waals surface area contributed by atoms with E-state index in [0.29, 0.717) is 0 Å². The molecular weight excluding hydrogens is 420 g/mol. The second kappa shape index (κ2) is 18.0. The number of nitrogens with one attached hydrogen (secondary N) is 2. The van der Waals surface area contributed by atoms with E-state index < -0.39 is 6.29 Å². The molecule has 0 aromatic carbocycles. The normalized spacial score (nSPS) is 24.1. The Hall–Kier alpha value is -2.41. The monoisotopic (exact) mass is 470 g/mol. The zero-order valence-electron chi connectivity index (χ0n) is 22.3. The number of aliphatic imine (C=N–C) groups is 1. The van der Waals surface area contributed by atoms with Crippen LogP contribution in [0.25, 0.3) is 0 Å². The lowest BCUT2D eigenvalue weighted by Gasteiger charge is -2.26. The fourth-order valence-corrected chi connectivity index (χ4v) is 3.61. The number of nitrogens with two attached hydrogens (primary N) is 1. The van der Waals surface area contributed by atoms with Crippen molar-refractivity contribution < 1.29 is 1.43 Å². The fourth-order valence-electron chi connectivity index (χ4n) is 3.61. The first-order valence-electron chi connectivity index (χ1n) is 12.7. The van der Waals surface area contributed by atoms with E-state index in [2.05, 4.69) is 96.0 Å². The Morgan fingerprint density at radius 3 is 2.71 bits per heavy atom. The van der Waals surface area contributed by atoms with Gasteiger partial charge in [-0.3, -0.25) is 10.7 Å². The second-order valence-electron chi connectivity index (χ2n) is 8.48. The summed E-state index contributed by atoms with van der Waals surface area (Å²) in [6.07, 6.45) is 22.8. The lowest BCUT2D eigenvalue weighted by molar-refractivity contribution is 0.327. The average Bonchev–Trinajstić information content (AvgIpc) is 3.03. The van der Waals surface area contributed by atoms with Crippen LogP contribution in [0.3, 0.4) is 0 Å². The van der Waals surface area contributed by atoms with Gasteiger partial charge in [-0.25, -0.2) is 0 Å². The third-order valence-electron chi connectivity index (χ3n) is 5.50. The number of likely N-dealkylation sites (N-methyl/N-ethyl adjacent to an activating group) is 2. The molecule has 6 nitrogen and oxygen atoms in total. The summed E-state index contributed by atoms with van der Waals surface area (Å²) < 4.78 is 0. The van der Waals surface area contributed by atoms with Crippen LogP contribution >= 0.6 is 0 Å². The number of hydrogen-bond donors (Lipinski definition) is 3. The molecule has 0 fully saturated rings. The van der Waals surface area contributed by atoms with Gasteiger partial charge in [-0.1, -0.05) is 50.3 Å². The summed E-state index contributed by atoms with van der Waals surface area (Å²) in [7, 11) is 6.42. The summed E-state index contributed by atoms with van der Waals surface area (Å²) >= 11 is 0. The zero-order valence-corrected chi connectivity index (χ0v) is 22.3. The van der Waals surface area contributed by atoms with E-state index in [-0.39, 0.29) is 1.43 Å². The van der Waals surface area contributed by atoms with E-state index in [1.165, 1.54) is 16.8 Å². The summed E-state index contributed by atoms with van der Waals surface area (Å²) in [4.78, 5) is 9.02. The molecule has 1 atom stereocenters. The molecule has 2 aliphatic rings. The Bertz CT molecular complexity index is 789. The first-order valence-corrected chi connectivity index (χ1v) is 12.7. The van der Waals surface area contributed by atoms with Crippen molar-refractivity contribution in [3.05, 3.63) is 71.1 Å². The van der Waals surface area contributed by atoms with Crippen LogP contribution < -0.4 is 16.4 Å². The highest BCUT2D eigenvalue weighted by molar-refractivity contribution is 5.72. The van der Waals surface area contributed by atoms with Gasteiger partial charge in [0.05, 0.1) is 0 Å². The third kappa shape index (κ3) is 12.2. The summed E-state index contributed by atoms with van der Waals surface area (Å²) in [6.45, 7) is 9.79. The van der Waals surface area contributed by atoms with Crippen LogP contribution in [0.15, 0.2) is 76.1 Å². The van der Waals surface area contributed by atoms with Gasteiger partial charge in [0.2, 0.25) is 0 Å². The van der Waals surface area contributed by atoms with Crippen molar-refractivity contribution in [2.24, 2.45) is 10.7 Å². The highest BCUT2D eigenvalue weighted by Gasteiger charge is 2.14. The Kier molecular flexibility index (Phi) is 15.7. The summed E-state index contributed by atoms with van der Waals surface area (Å²) in [5.41, 5.74) is 11.2. The topological polar surface area (TPSA) is 68.9 Å². The molecule has 0 amide bonds. The minimum atomic E-state index is -0.481. The molecule has 4 N–H and O–H groups in total. The molecule has 2 bridgehead atoms. The van der Waals surface area contributed by atoms with Crippen molar-refractivity contribution in [3.8, 4) is 0 Å². The lowest BCUT2D eigenvalue weighted by atomic mass is 10.0. The molecule has 2 rings (SSSR count). The smallest absolute Gasteiger partial charge is 0.171 e. The Labute approximate surface area is 210 Å². The van der Waals surface area contributed by atoms with Crippen molar-refractivity contribution in [3.63, 3.8) is 0 Å². The maximum absolute atomic E-state index is 6.23. The van der Waals surface area contributed by atoms with E-state index >= 15 is 0 Å².